The van der Waals surface area contributed by atoms with Crippen molar-refractivity contribution in [3.63, 3.8) is 0 Å². The fraction of sp³-hybridized carbons (Fsp3) is 0.455. The van der Waals surface area contributed by atoms with Crippen molar-refractivity contribution in [2.75, 3.05) is 19.0 Å². The number of anilines is 1. The molecule has 0 spiro atoms. The lowest BCUT2D eigenvalue weighted by Crippen LogP contribution is -2.54. The van der Waals surface area contributed by atoms with E-state index < -0.39 is 0 Å². The molecule has 0 bridgehead atoms. The predicted octanol–water partition coefficient (Wildman–Crippen LogP) is 0.905. The van der Waals surface area contributed by atoms with Crippen molar-refractivity contribution in [2.45, 2.75) is 20.0 Å². The Morgan fingerprint density at radius 3 is 2.88 bits per heavy atom. The van der Waals surface area contributed by atoms with Crippen LogP contribution in [-0.2, 0) is 0 Å². The summed E-state index contributed by atoms with van der Waals surface area (Å²) in [6.45, 7) is 3.90. The monoisotopic (exact) mass is 235 g/mol. The maximum atomic E-state index is 5.29. The van der Waals surface area contributed by atoms with Crippen molar-refractivity contribution in [3.05, 3.63) is 18.1 Å². The van der Waals surface area contributed by atoms with E-state index in [0.717, 1.165) is 23.4 Å². The Morgan fingerprint density at radius 1 is 1.53 bits per heavy atom. The molecule has 1 aliphatic rings. The van der Waals surface area contributed by atoms with Gasteiger partial charge in [-0.3, -0.25) is 10.3 Å². The maximum Gasteiger partial charge on any atom is 0.207 e. The molecule has 1 unspecified atom stereocenters. The van der Waals surface area contributed by atoms with E-state index in [-0.39, 0.29) is 6.17 Å². The number of rotatable bonds is 1. The summed E-state index contributed by atoms with van der Waals surface area (Å²) in [6.07, 6.45) is 1.67. The lowest BCUT2D eigenvalue weighted by atomic mass is 10.3. The third-order valence-corrected chi connectivity index (χ3v) is 2.63. The van der Waals surface area contributed by atoms with Crippen LogP contribution in [0.4, 0.5) is 5.69 Å². The number of nitrogens with one attached hydrogen (secondary N) is 2. The fourth-order valence-corrected chi connectivity index (χ4v) is 1.72. The first-order valence-corrected chi connectivity index (χ1v) is 5.47. The van der Waals surface area contributed by atoms with Crippen LogP contribution in [0.5, 0.6) is 0 Å². The van der Waals surface area contributed by atoms with E-state index in [2.05, 4.69) is 20.6 Å². The van der Waals surface area contributed by atoms with Gasteiger partial charge in [-0.1, -0.05) is 0 Å². The molecule has 2 N–H and O–H groups in total. The molecule has 0 amide bonds. The Balaban J connectivity index is 2.25. The second-order valence-electron chi connectivity index (χ2n) is 3.89. The molecule has 0 aliphatic carbocycles. The SMILES string of the molecule is CN=C1NC(N(C)c2ccoc2C)=NC(C)N1. The van der Waals surface area contributed by atoms with Crippen LogP contribution in [0.3, 0.4) is 0 Å². The molecular weight excluding hydrogens is 218 g/mol. The van der Waals surface area contributed by atoms with Crippen molar-refractivity contribution in [2.24, 2.45) is 9.98 Å². The fourth-order valence-electron chi connectivity index (χ4n) is 1.72. The summed E-state index contributed by atoms with van der Waals surface area (Å²) < 4.78 is 5.29. The van der Waals surface area contributed by atoms with Gasteiger partial charge >= 0.3 is 0 Å². The number of aliphatic imine (C=N–C) groups is 2. The number of guanidine groups is 2. The molecule has 17 heavy (non-hydrogen) atoms. The Hall–Kier alpha value is -1.98. The molecule has 0 saturated heterocycles. The van der Waals surface area contributed by atoms with Gasteiger partial charge < -0.3 is 14.6 Å². The molecule has 92 valence electrons. The lowest BCUT2D eigenvalue weighted by Gasteiger charge is -2.28. The molecule has 0 saturated carbocycles. The highest BCUT2D eigenvalue weighted by Gasteiger charge is 2.20. The van der Waals surface area contributed by atoms with Gasteiger partial charge in [0, 0.05) is 20.2 Å². The van der Waals surface area contributed by atoms with Gasteiger partial charge in [-0.15, -0.1) is 0 Å². The van der Waals surface area contributed by atoms with E-state index in [0.29, 0.717) is 0 Å². The minimum Gasteiger partial charge on any atom is -0.467 e. The van der Waals surface area contributed by atoms with Crippen molar-refractivity contribution in [1.82, 2.24) is 10.6 Å². The summed E-state index contributed by atoms with van der Waals surface area (Å²) in [6, 6.07) is 1.91. The minimum absolute atomic E-state index is 0.000364. The molecule has 2 heterocycles. The average Bonchev–Trinajstić information content (AvgIpc) is 2.73. The summed E-state index contributed by atoms with van der Waals surface area (Å²) >= 11 is 0. The van der Waals surface area contributed by atoms with E-state index in [1.807, 2.05) is 31.9 Å². The first kappa shape index (κ1) is 11.5. The van der Waals surface area contributed by atoms with Gasteiger partial charge in [0.2, 0.25) is 5.96 Å². The second-order valence-corrected chi connectivity index (χ2v) is 3.89. The van der Waals surface area contributed by atoms with Crippen LogP contribution in [0.1, 0.15) is 12.7 Å². The molecule has 0 radical (unpaired) electrons. The normalized spacial score (nSPS) is 21.8. The Morgan fingerprint density at radius 2 is 2.29 bits per heavy atom. The summed E-state index contributed by atoms with van der Waals surface area (Å²) in [5, 5.41) is 6.23. The van der Waals surface area contributed by atoms with Crippen LogP contribution in [0.2, 0.25) is 0 Å². The first-order valence-electron chi connectivity index (χ1n) is 5.47. The summed E-state index contributed by atoms with van der Waals surface area (Å²) in [7, 11) is 3.67. The van der Waals surface area contributed by atoms with Crippen molar-refractivity contribution >= 4 is 17.6 Å². The molecule has 6 nitrogen and oxygen atoms in total. The summed E-state index contributed by atoms with van der Waals surface area (Å²) in [5.41, 5.74) is 0.987. The lowest BCUT2D eigenvalue weighted by molar-refractivity contribution is 0.534. The largest absolute Gasteiger partial charge is 0.467 e. The van der Waals surface area contributed by atoms with Crippen LogP contribution in [0, 0.1) is 6.92 Å². The highest BCUT2D eigenvalue weighted by Crippen LogP contribution is 2.19. The molecule has 6 heteroatoms. The smallest absolute Gasteiger partial charge is 0.207 e. The number of hydrogen-bond acceptors (Lipinski definition) is 4. The van der Waals surface area contributed by atoms with E-state index in [4.69, 9.17) is 4.42 Å². The standard InChI is InChI=1S/C11H17N5O/c1-7-9(5-6-17-7)16(4)11-14-8(2)13-10(12-3)15-11/h5-6,8H,1-4H3,(H2,12,13,14,15). The van der Waals surface area contributed by atoms with E-state index in [1.54, 1.807) is 13.3 Å². The highest BCUT2D eigenvalue weighted by molar-refractivity contribution is 6.07. The van der Waals surface area contributed by atoms with Crippen molar-refractivity contribution < 1.29 is 4.42 Å². The summed E-state index contributed by atoms with van der Waals surface area (Å²) in [4.78, 5) is 10.5. The molecule has 0 fully saturated rings. The zero-order valence-electron chi connectivity index (χ0n) is 10.5. The van der Waals surface area contributed by atoms with Crippen molar-refractivity contribution in [1.29, 1.82) is 0 Å². The van der Waals surface area contributed by atoms with Crippen LogP contribution in [-0.4, -0.2) is 32.2 Å². The van der Waals surface area contributed by atoms with Gasteiger partial charge in [-0.2, -0.15) is 0 Å². The van der Waals surface area contributed by atoms with Gasteiger partial charge in [0.1, 0.15) is 11.9 Å². The van der Waals surface area contributed by atoms with Gasteiger partial charge in [-0.25, -0.2) is 4.99 Å². The van der Waals surface area contributed by atoms with E-state index in [9.17, 15) is 0 Å². The van der Waals surface area contributed by atoms with E-state index in [1.165, 1.54) is 0 Å². The number of nitrogens with zero attached hydrogens (tertiary/aromatic N) is 3. The Labute approximate surface area is 100 Å². The average molecular weight is 235 g/mol. The third-order valence-electron chi connectivity index (χ3n) is 2.63. The molecule has 1 aromatic rings. The van der Waals surface area contributed by atoms with Crippen LogP contribution < -0.4 is 15.5 Å². The predicted molar refractivity (Wildman–Crippen MR) is 68.4 cm³/mol. The van der Waals surface area contributed by atoms with Crippen LogP contribution >= 0.6 is 0 Å². The number of aryl methyl sites for hydroxylation is 1. The zero-order chi connectivity index (χ0) is 12.4. The maximum absolute atomic E-state index is 5.29. The molecule has 0 aromatic carbocycles. The minimum atomic E-state index is -0.000364. The third kappa shape index (κ3) is 2.25. The van der Waals surface area contributed by atoms with Crippen molar-refractivity contribution in [3.8, 4) is 0 Å². The van der Waals surface area contributed by atoms with Crippen LogP contribution in [0.25, 0.3) is 0 Å². The molecule has 1 aliphatic heterocycles. The van der Waals surface area contributed by atoms with Gasteiger partial charge in [-0.05, 0) is 13.8 Å². The van der Waals surface area contributed by atoms with Gasteiger partial charge in [0.25, 0.3) is 0 Å². The second kappa shape index (κ2) is 4.48. The van der Waals surface area contributed by atoms with E-state index >= 15 is 0 Å². The topological polar surface area (TPSA) is 65.2 Å². The molecule has 2 rings (SSSR count). The number of hydrogen-bond donors (Lipinski definition) is 2. The Kier molecular flexibility index (Phi) is 3.03. The number of furan rings is 1. The highest BCUT2D eigenvalue weighted by atomic mass is 16.3. The molecule has 1 aromatic heterocycles. The molecule has 1 atom stereocenters. The van der Waals surface area contributed by atoms with Gasteiger partial charge in [0.15, 0.2) is 5.96 Å². The van der Waals surface area contributed by atoms with Gasteiger partial charge in [0.05, 0.1) is 12.0 Å². The first-order chi connectivity index (χ1) is 8.11. The van der Waals surface area contributed by atoms with Crippen LogP contribution in [0.15, 0.2) is 26.7 Å². The quantitative estimate of drug-likeness (QED) is 0.759. The molecular formula is C11H17N5O. The Bertz CT molecular complexity index is 462. The zero-order valence-corrected chi connectivity index (χ0v) is 10.5. The summed E-state index contributed by atoms with van der Waals surface area (Å²) in [5.74, 6) is 2.33.